The molecule has 0 bridgehead atoms. The van der Waals surface area contributed by atoms with Crippen molar-refractivity contribution in [3.8, 4) is 17.2 Å². The molecule has 35 heavy (non-hydrogen) atoms. The van der Waals surface area contributed by atoms with Gasteiger partial charge in [0.1, 0.15) is 17.7 Å². The molecule has 3 aromatic rings. The molecule has 10 nitrogen and oxygen atoms in total. The van der Waals surface area contributed by atoms with Crippen LogP contribution in [0.2, 0.25) is 0 Å². The van der Waals surface area contributed by atoms with E-state index in [1.54, 1.807) is 13.2 Å². The Hall–Kier alpha value is -2.95. The van der Waals surface area contributed by atoms with Gasteiger partial charge in [-0.2, -0.15) is 4.98 Å². The topological polar surface area (TPSA) is 146 Å². The van der Waals surface area contributed by atoms with Gasteiger partial charge >= 0.3 is 0 Å². The minimum atomic E-state index is -1.05. The summed E-state index contributed by atoms with van der Waals surface area (Å²) in [6.45, 7) is 10.5. The molecule has 190 valence electrons. The molecule has 1 aliphatic carbocycles. The van der Waals surface area contributed by atoms with E-state index < -0.39 is 24.2 Å². The van der Waals surface area contributed by atoms with Crippen molar-refractivity contribution in [1.82, 2.24) is 15.0 Å². The molecule has 10 heteroatoms. The Morgan fingerprint density at radius 2 is 1.83 bits per heavy atom. The number of aryl methyl sites for hydroxylation is 2. The molecule has 1 fully saturated rings. The van der Waals surface area contributed by atoms with E-state index in [1.165, 1.54) is 0 Å². The standard InChI is InChI=1S/C25H35N5O5/c1-12-19(17-8-14-9-18(34-6)27-13(2)22(14)35-17)23(30-24(28-12)26-11-25(3,4)5)29-16-7-15(10-31)20(32)21(16)33/h8-9,15-16,20-21,31-33H,7,10-11H2,1-6H3,(H2,26,28,29,30). The van der Waals surface area contributed by atoms with Gasteiger partial charge in [-0.05, 0) is 31.7 Å². The molecular formula is C25H35N5O5. The number of anilines is 2. The molecule has 4 atom stereocenters. The first-order valence-corrected chi connectivity index (χ1v) is 11.8. The maximum Gasteiger partial charge on any atom is 0.224 e. The predicted octanol–water partition coefficient (Wildman–Crippen LogP) is 2.88. The van der Waals surface area contributed by atoms with Crippen molar-refractivity contribution in [2.45, 2.75) is 59.3 Å². The summed E-state index contributed by atoms with van der Waals surface area (Å²) >= 11 is 0. The number of hydrogen-bond acceptors (Lipinski definition) is 10. The second kappa shape index (κ2) is 9.60. The van der Waals surface area contributed by atoms with Gasteiger partial charge in [0.25, 0.3) is 0 Å². The molecule has 0 saturated heterocycles. The van der Waals surface area contributed by atoms with Crippen LogP contribution in [0.3, 0.4) is 0 Å². The second-order valence-electron chi connectivity index (χ2n) is 10.5. The van der Waals surface area contributed by atoms with Gasteiger partial charge in [0.2, 0.25) is 11.8 Å². The Labute approximate surface area is 204 Å². The third-order valence-corrected chi connectivity index (χ3v) is 6.33. The summed E-state index contributed by atoms with van der Waals surface area (Å²) in [6, 6.07) is 3.20. The van der Waals surface area contributed by atoms with Gasteiger partial charge in [-0.25, -0.2) is 9.97 Å². The molecule has 4 rings (SSSR count). The quantitative estimate of drug-likeness (QED) is 0.338. The van der Waals surface area contributed by atoms with Crippen LogP contribution in [0.15, 0.2) is 16.5 Å². The van der Waals surface area contributed by atoms with Crippen LogP contribution < -0.4 is 15.4 Å². The van der Waals surface area contributed by atoms with Crippen molar-refractivity contribution >= 4 is 22.7 Å². The normalized spacial score (nSPS) is 22.5. The van der Waals surface area contributed by atoms with E-state index in [0.717, 1.165) is 5.39 Å². The van der Waals surface area contributed by atoms with E-state index in [-0.39, 0.29) is 12.0 Å². The Balaban J connectivity index is 1.78. The number of nitrogens with one attached hydrogen (secondary N) is 2. The Morgan fingerprint density at radius 1 is 1.09 bits per heavy atom. The first kappa shape index (κ1) is 25.2. The van der Waals surface area contributed by atoms with Crippen LogP contribution in [-0.2, 0) is 0 Å². The van der Waals surface area contributed by atoms with Gasteiger partial charge in [0.05, 0.1) is 36.2 Å². The molecule has 0 aliphatic heterocycles. The summed E-state index contributed by atoms with van der Waals surface area (Å²) in [4.78, 5) is 13.8. The Kier molecular flexibility index (Phi) is 6.90. The largest absolute Gasteiger partial charge is 0.481 e. The molecule has 1 saturated carbocycles. The van der Waals surface area contributed by atoms with Gasteiger partial charge in [0, 0.05) is 30.5 Å². The highest BCUT2D eigenvalue weighted by Crippen LogP contribution is 2.38. The lowest BCUT2D eigenvalue weighted by molar-refractivity contribution is 0.00446. The fraction of sp³-hybridized carbons (Fsp3) is 0.560. The molecule has 5 N–H and O–H groups in total. The second-order valence-corrected chi connectivity index (χ2v) is 10.5. The van der Waals surface area contributed by atoms with Crippen LogP contribution >= 0.6 is 0 Å². The number of fused-ring (bicyclic) bond motifs is 1. The highest BCUT2D eigenvalue weighted by Gasteiger charge is 2.41. The minimum absolute atomic E-state index is 0.0198. The number of aliphatic hydroxyl groups excluding tert-OH is 3. The Bertz CT molecular complexity index is 1210. The van der Waals surface area contributed by atoms with E-state index in [2.05, 4.69) is 41.4 Å². The van der Waals surface area contributed by atoms with Crippen molar-refractivity contribution in [2.75, 3.05) is 30.9 Å². The van der Waals surface area contributed by atoms with Crippen molar-refractivity contribution in [3.63, 3.8) is 0 Å². The lowest BCUT2D eigenvalue weighted by atomic mass is 9.97. The van der Waals surface area contributed by atoms with Crippen LogP contribution in [0.1, 0.15) is 38.6 Å². The van der Waals surface area contributed by atoms with E-state index >= 15 is 0 Å². The van der Waals surface area contributed by atoms with Gasteiger partial charge in [-0.1, -0.05) is 20.8 Å². The number of ether oxygens (including phenoxy) is 1. The summed E-state index contributed by atoms with van der Waals surface area (Å²) in [7, 11) is 1.57. The zero-order valence-electron chi connectivity index (χ0n) is 21.1. The van der Waals surface area contributed by atoms with Crippen molar-refractivity contribution in [1.29, 1.82) is 0 Å². The van der Waals surface area contributed by atoms with Crippen molar-refractivity contribution < 1.29 is 24.5 Å². The summed E-state index contributed by atoms with van der Waals surface area (Å²) in [6.07, 6.45) is -1.67. The minimum Gasteiger partial charge on any atom is -0.481 e. The monoisotopic (exact) mass is 485 g/mol. The van der Waals surface area contributed by atoms with Crippen LogP contribution in [0.4, 0.5) is 11.8 Å². The van der Waals surface area contributed by atoms with Crippen LogP contribution in [0.25, 0.3) is 22.3 Å². The van der Waals surface area contributed by atoms with Crippen LogP contribution in [0.5, 0.6) is 5.88 Å². The molecule has 0 aromatic carbocycles. The van der Waals surface area contributed by atoms with Gasteiger partial charge < -0.3 is 35.1 Å². The van der Waals surface area contributed by atoms with Crippen LogP contribution in [-0.4, -0.2) is 68.8 Å². The van der Waals surface area contributed by atoms with Gasteiger partial charge in [0.15, 0.2) is 5.58 Å². The van der Waals surface area contributed by atoms with Crippen molar-refractivity contribution in [2.24, 2.45) is 11.3 Å². The third-order valence-electron chi connectivity index (χ3n) is 6.33. The summed E-state index contributed by atoms with van der Waals surface area (Å²) < 4.78 is 11.5. The smallest absolute Gasteiger partial charge is 0.224 e. The summed E-state index contributed by atoms with van der Waals surface area (Å²) in [5.41, 5.74) is 2.68. The zero-order chi connectivity index (χ0) is 25.5. The molecule has 3 aromatic heterocycles. The number of furan rings is 1. The maximum atomic E-state index is 10.6. The van der Waals surface area contributed by atoms with Crippen LogP contribution in [0, 0.1) is 25.2 Å². The first-order valence-electron chi connectivity index (χ1n) is 11.8. The van der Waals surface area contributed by atoms with Crippen molar-refractivity contribution in [3.05, 3.63) is 23.5 Å². The number of methoxy groups -OCH3 is 1. The Morgan fingerprint density at radius 3 is 2.46 bits per heavy atom. The maximum absolute atomic E-state index is 10.6. The molecular weight excluding hydrogens is 450 g/mol. The molecule has 0 spiro atoms. The summed E-state index contributed by atoms with van der Waals surface area (Å²) in [5, 5.41) is 37.9. The highest BCUT2D eigenvalue weighted by molar-refractivity contribution is 5.88. The van der Waals surface area contributed by atoms with E-state index in [9.17, 15) is 15.3 Å². The first-order chi connectivity index (χ1) is 16.5. The number of rotatable bonds is 7. The molecule has 3 heterocycles. The number of hydrogen-bond donors (Lipinski definition) is 5. The fourth-order valence-corrected chi connectivity index (χ4v) is 4.42. The van der Waals surface area contributed by atoms with E-state index in [4.69, 9.17) is 14.1 Å². The predicted molar refractivity (Wildman–Crippen MR) is 134 cm³/mol. The lowest BCUT2D eigenvalue weighted by Gasteiger charge is -2.22. The number of pyridine rings is 1. The fourth-order valence-electron chi connectivity index (χ4n) is 4.42. The molecule has 4 unspecified atom stereocenters. The average Bonchev–Trinajstić information content (AvgIpc) is 3.33. The average molecular weight is 486 g/mol. The number of aliphatic hydroxyl groups is 3. The van der Waals surface area contributed by atoms with E-state index in [0.29, 0.717) is 58.9 Å². The number of aromatic nitrogens is 3. The molecule has 0 amide bonds. The summed E-state index contributed by atoms with van der Waals surface area (Å²) in [5.74, 6) is 1.55. The number of nitrogens with zero attached hydrogens (tertiary/aromatic N) is 3. The zero-order valence-corrected chi connectivity index (χ0v) is 21.1. The van der Waals surface area contributed by atoms with Gasteiger partial charge in [-0.15, -0.1) is 0 Å². The van der Waals surface area contributed by atoms with Gasteiger partial charge in [-0.3, -0.25) is 0 Å². The van der Waals surface area contributed by atoms with E-state index in [1.807, 2.05) is 19.9 Å². The highest BCUT2D eigenvalue weighted by atomic mass is 16.5. The molecule has 1 aliphatic rings. The SMILES string of the molecule is COc1cc2cc(-c3c(C)nc(NCC(C)(C)C)nc3NC3CC(CO)C(O)C3O)oc2c(C)n1. The lowest BCUT2D eigenvalue weighted by Crippen LogP contribution is -2.35. The third kappa shape index (κ3) is 5.19. The molecule has 0 radical (unpaired) electrons.